The lowest BCUT2D eigenvalue weighted by molar-refractivity contribution is 1.17. The Labute approximate surface area is 93.6 Å². The van der Waals surface area contributed by atoms with Crippen LogP contribution in [0.1, 0.15) is 16.0 Å². The summed E-state index contributed by atoms with van der Waals surface area (Å²) in [6.45, 7) is 0. The molecule has 0 bridgehead atoms. The molecule has 0 radical (unpaired) electrons. The third kappa shape index (κ3) is 2.45. The van der Waals surface area contributed by atoms with Gasteiger partial charge in [0.25, 0.3) is 0 Å². The molecule has 0 aliphatic carbocycles. The van der Waals surface area contributed by atoms with E-state index in [2.05, 4.69) is 23.6 Å². The fourth-order valence-electron chi connectivity index (χ4n) is 1.55. The molecule has 0 saturated carbocycles. The summed E-state index contributed by atoms with van der Waals surface area (Å²) in [5, 5.41) is 10.7. The van der Waals surface area contributed by atoms with Crippen LogP contribution in [0.2, 0.25) is 0 Å². The quantitative estimate of drug-likeness (QED) is 0.766. The van der Waals surface area contributed by atoms with Gasteiger partial charge in [-0.1, -0.05) is 30.3 Å². The van der Waals surface area contributed by atoms with Crippen LogP contribution in [0, 0.1) is 11.3 Å². The normalized spacial score (nSPS) is 9.80. The molecule has 74 valence electrons. The topological polar surface area (TPSA) is 23.8 Å². The van der Waals surface area contributed by atoms with Crippen LogP contribution in [0.4, 0.5) is 0 Å². The lowest BCUT2D eigenvalue weighted by Gasteiger charge is -2.00. The van der Waals surface area contributed by atoms with Gasteiger partial charge in [0.05, 0.1) is 12.5 Å². The summed E-state index contributed by atoms with van der Waals surface area (Å²) in [6.07, 6.45) is 1.46. The van der Waals surface area contributed by atoms with Gasteiger partial charge < -0.3 is 0 Å². The SMILES string of the molecule is N#CCc1ccsc1Cc1ccccc1. The molecule has 0 aliphatic rings. The Bertz CT molecular complexity index is 465. The van der Waals surface area contributed by atoms with Crippen molar-refractivity contribution in [3.05, 3.63) is 57.8 Å². The zero-order chi connectivity index (χ0) is 10.5. The number of thiophene rings is 1. The molecular formula is C13H11NS. The fourth-order valence-corrected chi connectivity index (χ4v) is 2.48. The first-order chi connectivity index (χ1) is 7.40. The van der Waals surface area contributed by atoms with Crippen LogP contribution in [0.3, 0.4) is 0 Å². The van der Waals surface area contributed by atoms with Gasteiger partial charge in [0, 0.05) is 11.3 Å². The van der Waals surface area contributed by atoms with E-state index in [1.54, 1.807) is 11.3 Å². The Morgan fingerprint density at radius 2 is 1.93 bits per heavy atom. The summed E-state index contributed by atoms with van der Waals surface area (Å²) in [5.74, 6) is 0. The van der Waals surface area contributed by atoms with Crippen molar-refractivity contribution in [1.29, 1.82) is 5.26 Å². The minimum absolute atomic E-state index is 0.520. The second-order valence-electron chi connectivity index (χ2n) is 3.37. The van der Waals surface area contributed by atoms with Gasteiger partial charge in [-0.2, -0.15) is 5.26 Å². The molecule has 1 aromatic heterocycles. The lowest BCUT2D eigenvalue weighted by Crippen LogP contribution is -1.89. The average molecular weight is 213 g/mol. The van der Waals surface area contributed by atoms with E-state index < -0.39 is 0 Å². The molecule has 0 fully saturated rings. The predicted molar refractivity (Wildman–Crippen MR) is 62.9 cm³/mol. The van der Waals surface area contributed by atoms with E-state index >= 15 is 0 Å². The van der Waals surface area contributed by atoms with Crippen LogP contribution in [-0.4, -0.2) is 0 Å². The molecule has 0 spiro atoms. The van der Waals surface area contributed by atoms with Crippen LogP contribution >= 0.6 is 11.3 Å². The predicted octanol–water partition coefficient (Wildman–Crippen LogP) is 3.40. The van der Waals surface area contributed by atoms with Crippen molar-refractivity contribution >= 4 is 11.3 Å². The second-order valence-corrected chi connectivity index (χ2v) is 4.37. The van der Waals surface area contributed by atoms with Crippen molar-refractivity contribution in [3.8, 4) is 6.07 Å². The number of rotatable bonds is 3. The monoisotopic (exact) mass is 213 g/mol. The van der Waals surface area contributed by atoms with Crippen molar-refractivity contribution in [1.82, 2.24) is 0 Å². The van der Waals surface area contributed by atoms with E-state index in [1.807, 2.05) is 24.3 Å². The summed E-state index contributed by atoms with van der Waals surface area (Å²) in [4.78, 5) is 1.31. The van der Waals surface area contributed by atoms with Crippen molar-refractivity contribution < 1.29 is 0 Å². The lowest BCUT2D eigenvalue weighted by atomic mass is 10.1. The largest absolute Gasteiger partial charge is 0.198 e. The maximum absolute atomic E-state index is 8.68. The number of nitrogens with zero attached hydrogens (tertiary/aromatic N) is 1. The van der Waals surface area contributed by atoms with Crippen molar-refractivity contribution in [2.75, 3.05) is 0 Å². The highest BCUT2D eigenvalue weighted by Crippen LogP contribution is 2.20. The van der Waals surface area contributed by atoms with Gasteiger partial charge in [-0.3, -0.25) is 0 Å². The number of benzene rings is 1. The first-order valence-electron chi connectivity index (χ1n) is 4.86. The van der Waals surface area contributed by atoms with Crippen LogP contribution in [0.5, 0.6) is 0 Å². The summed E-state index contributed by atoms with van der Waals surface area (Å²) in [7, 11) is 0. The molecule has 0 amide bonds. The summed E-state index contributed by atoms with van der Waals surface area (Å²) in [5.41, 5.74) is 2.48. The summed E-state index contributed by atoms with van der Waals surface area (Å²) >= 11 is 1.73. The molecule has 1 nitrogen and oxygen atoms in total. The molecule has 0 N–H and O–H groups in total. The minimum atomic E-state index is 0.520. The molecular weight excluding hydrogens is 202 g/mol. The number of nitriles is 1. The van der Waals surface area contributed by atoms with Crippen molar-refractivity contribution in [3.63, 3.8) is 0 Å². The Hall–Kier alpha value is -1.59. The van der Waals surface area contributed by atoms with E-state index in [9.17, 15) is 0 Å². The Kier molecular flexibility index (Phi) is 3.16. The molecule has 0 aliphatic heterocycles. The van der Waals surface area contributed by atoms with Crippen molar-refractivity contribution in [2.24, 2.45) is 0 Å². The van der Waals surface area contributed by atoms with Crippen LogP contribution in [-0.2, 0) is 12.8 Å². The third-order valence-corrected chi connectivity index (χ3v) is 3.28. The van der Waals surface area contributed by atoms with E-state index in [0.717, 1.165) is 6.42 Å². The smallest absolute Gasteiger partial charge is 0.0670 e. The highest BCUT2D eigenvalue weighted by atomic mass is 32.1. The molecule has 1 aromatic carbocycles. The van der Waals surface area contributed by atoms with Crippen molar-refractivity contribution in [2.45, 2.75) is 12.8 Å². The zero-order valence-electron chi connectivity index (χ0n) is 8.31. The average Bonchev–Trinajstić information content (AvgIpc) is 2.68. The van der Waals surface area contributed by atoms with E-state index in [0.29, 0.717) is 6.42 Å². The Morgan fingerprint density at radius 1 is 1.13 bits per heavy atom. The maximum atomic E-state index is 8.68. The summed E-state index contributed by atoms with van der Waals surface area (Å²) in [6, 6.07) is 14.6. The van der Waals surface area contributed by atoms with Crippen LogP contribution < -0.4 is 0 Å². The molecule has 2 heteroatoms. The number of hydrogen-bond acceptors (Lipinski definition) is 2. The highest BCUT2D eigenvalue weighted by Gasteiger charge is 2.04. The fraction of sp³-hybridized carbons (Fsp3) is 0.154. The standard InChI is InChI=1S/C13H11NS/c14-8-6-12-7-9-15-13(12)10-11-4-2-1-3-5-11/h1-5,7,9H,6,10H2. The third-order valence-electron chi connectivity index (χ3n) is 2.31. The highest BCUT2D eigenvalue weighted by molar-refractivity contribution is 7.10. The van der Waals surface area contributed by atoms with Gasteiger partial charge in [-0.15, -0.1) is 11.3 Å². The molecule has 1 heterocycles. The molecule has 2 rings (SSSR count). The molecule has 15 heavy (non-hydrogen) atoms. The molecule has 0 unspecified atom stereocenters. The minimum Gasteiger partial charge on any atom is -0.198 e. The maximum Gasteiger partial charge on any atom is 0.0670 e. The van der Waals surface area contributed by atoms with Gasteiger partial charge in [0.15, 0.2) is 0 Å². The Balaban J connectivity index is 2.18. The van der Waals surface area contributed by atoms with Gasteiger partial charge in [0.2, 0.25) is 0 Å². The molecule has 0 saturated heterocycles. The Morgan fingerprint density at radius 3 is 2.67 bits per heavy atom. The molecule has 2 aromatic rings. The first-order valence-corrected chi connectivity index (χ1v) is 5.74. The zero-order valence-corrected chi connectivity index (χ0v) is 9.13. The van der Waals surface area contributed by atoms with Crippen LogP contribution in [0.15, 0.2) is 41.8 Å². The van der Waals surface area contributed by atoms with Gasteiger partial charge in [-0.25, -0.2) is 0 Å². The van der Waals surface area contributed by atoms with Gasteiger partial charge in [0.1, 0.15) is 0 Å². The van der Waals surface area contributed by atoms with Gasteiger partial charge >= 0.3 is 0 Å². The summed E-state index contributed by atoms with van der Waals surface area (Å²) < 4.78 is 0. The van der Waals surface area contributed by atoms with E-state index in [4.69, 9.17) is 5.26 Å². The van der Waals surface area contributed by atoms with E-state index in [-0.39, 0.29) is 0 Å². The first kappa shape index (κ1) is 9.95. The molecule has 0 atom stereocenters. The van der Waals surface area contributed by atoms with Crippen LogP contribution in [0.25, 0.3) is 0 Å². The second kappa shape index (κ2) is 4.77. The van der Waals surface area contributed by atoms with E-state index in [1.165, 1.54) is 16.0 Å². The number of hydrogen-bond donors (Lipinski definition) is 0. The van der Waals surface area contributed by atoms with Gasteiger partial charge in [-0.05, 0) is 22.6 Å².